The van der Waals surface area contributed by atoms with Crippen molar-refractivity contribution in [1.82, 2.24) is 0 Å². The van der Waals surface area contributed by atoms with Gasteiger partial charge in [-0.3, -0.25) is 0 Å². The number of hydrogen-bond acceptors (Lipinski definition) is 2. The highest BCUT2D eigenvalue weighted by atomic mass is 31.1. The van der Waals surface area contributed by atoms with E-state index in [1.165, 1.54) is 21.0 Å². The zero-order chi connectivity index (χ0) is 23.6. The van der Waals surface area contributed by atoms with Gasteiger partial charge < -0.3 is 9.05 Å². The fourth-order valence-corrected chi connectivity index (χ4v) is 13.6. The van der Waals surface area contributed by atoms with E-state index in [-0.39, 0.29) is 0 Å². The summed E-state index contributed by atoms with van der Waals surface area (Å²) in [5.74, 6) is 0. The highest BCUT2D eigenvalue weighted by Gasteiger charge is 2.35. The molecule has 0 spiro atoms. The van der Waals surface area contributed by atoms with E-state index in [4.69, 9.17) is 9.05 Å². The van der Waals surface area contributed by atoms with Gasteiger partial charge in [-0.05, 0) is 12.1 Å². The largest absolute Gasteiger partial charge is 0.358 e. The van der Waals surface area contributed by atoms with Crippen LogP contribution in [-0.4, -0.2) is 41.3 Å². The van der Waals surface area contributed by atoms with Crippen molar-refractivity contribution in [3.05, 3.63) is 121 Å². The summed E-state index contributed by atoms with van der Waals surface area (Å²) in [4.78, 5) is 0. The van der Waals surface area contributed by atoms with Crippen LogP contribution in [0.15, 0.2) is 121 Å². The van der Waals surface area contributed by atoms with Gasteiger partial charge in [0.1, 0.15) is 0 Å². The number of hydrogen-bond donors (Lipinski definition) is 0. The lowest BCUT2D eigenvalue weighted by Gasteiger charge is -2.30. The number of rotatable bonds is 11. The van der Waals surface area contributed by atoms with Crippen molar-refractivity contribution in [3.63, 3.8) is 0 Å². The lowest BCUT2D eigenvalue weighted by atomic mass is 9.82. The van der Waals surface area contributed by atoms with Gasteiger partial charge in [0.05, 0.1) is 25.0 Å². The van der Waals surface area contributed by atoms with Gasteiger partial charge in [-0.1, -0.05) is 132 Å². The summed E-state index contributed by atoms with van der Waals surface area (Å²) in [5.41, 5.74) is 0. The van der Waals surface area contributed by atoms with Gasteiger partial charge in [0, 0.05) is 24.8 Å². The average Bonchev–Trinajstić information content (AvgIpc) is 2.92. The Hall–Kier alpha value is -2.06. The molecule has 4 rings (SSSR count). The van der Waals surface area contributed by atoms with Crippen molar-refractivity contribution >= 4 is 52.3 Å². The highest BCUT2D eigenvalue weighted by molar-refractivity contribution is 7.69. The fraction of sp³-hybridized carbons (Fsp3) is 0.143. The molecule has 0 aliphatic carbocycles. The molecule has 34 heavy (non-hydrogen) atoms. The molecule has 0 N–H and O–H groups in total. The van der Waals surface area contributed by atoms with Crippen molar-refractivity contribution in [2.24, 2.45) is 0 Å². The van der Waals surface area contributed by atoms with Crippen molar-refractivity contribution < 1.29 is 9.05 Å². The van der Waals surface area contributed by atoms with E-state index < -0.39 is 25.0 Å². The molecule has 0 radical (unpaired) electrons. The monoisotopic (exact) mass is 500 g/mol. The van der Waals surface area contributed by atoms with Crippen molar-refractivity contribution in [3.8, 4) is 0 Å². The molecule has 4 aromatic rings. The minimum atomic E-state index is -1.58. The summed E-state index contributed by atoms with van der Waals surface area (Å²) in [5, 5.41) is 5.58. The Morgan fingerprint density at radius 3 is 1.18 bits per heavy atom. The third-order valence-electron chi connectivity index (χ3n) is 6.12. The van der Waals surface area contributed by atoms with Gasteiger partial charge in [-0.15, -0.1) is 0 Å². The van der Waals surface area contributed by atoms with Gasteiger partial charge in [0.25, 0.3) is 0 Å². The zero-order valence-corrected chi connectivity index (χ0v) is 22.8. The van der Waals surface area contributed by atoms with E-state index in [9.17, 15) is 0 Å². The Morgan fingerprint density at radius 2 is 0.853 bits per heavy atom. The Bertz CT molecular complexity index is 1020. The van der Waals surface area contributed by atoms with Crippen LogP contribution in [0.1, 0.15) is 0 Å². The van der Waals surface area contributed by atoms with E-state index >= 15 is 0 Å². The summed E-state index contributed by atoms with van der Waals surface area (Å²) < 4.78 is 12.3. The van der Waals surface area contributed by atoms with E-state index in [2.05, 4.69) is 121 Å². The first-order valence-electron chi connectivity index (χ1n) is 11.6. The molecular formula is C28H31BO2P2Si. The van der Waals surface area contributed by atoms with Crippen LogP contribution in [0, 0.1) is 0 Å². The van der Waals surface area contributed by atoms with Crippen LogP contribution < -0.4 is 21.0 Å². The first-order chi connectivity index (χ1) is 16.8. The van der Waals surface area contributed by atoms with Gasteiger partial charge in [-0.2, -0.15) is 0 Å². The topological polar surface area (TPSA) is 18.5 Å². The molecule has 2 atom stereocenters. The molecule has 0 bridgehead atoms. The van der Waals surface area contributed by atoms with Crippen LogP contribution in [0.3, 0.4) is 0 Å². The quantitative estimate of drug-likeness (QED) is 0.224. The molecule has 4 aromatic carbocycles. The summed E-state index contributed by atoms with van der Waals surface area (Å²) in [6.45, 7) is 0. The van der Waals surface area contributed by atoms with Gasteiger partial charge in [-0.25, -0.2) is 0 Å². The molecule has 172 valence electrons. The molecule has 0 amide bonds. The smallest absolute Gasteiger partial charge is 0.157 e. The standard InChI is InChI=1S/C28H31BO2P2Si/c1-30-32(25-15-7-3-8-16-25)23-29(24-33(31-2)26-17-9-4-10-18-26)34(27-19-11-5-12-20-27)28-21-13-6-14-22-28/h3-22,34H,23-24H2,1-2H3/t32-,33-/m1/s1. The first-order valence-corrected chi connectivity index (χ1v) is 16.3. The molecule has 2 nitrogen and oxygen atoms in total. The minimum absolute atomic E-state index is 0.488. The third kappa shape index (κ3) is 6.54. The van der Waals surface area contributed by atoms with Crippen LogP contribution in [0.4, 0.5) is 0 Å². The van der Waals surface area contributed by atoms with Gasteiger partial charge >= 0.3 is 0 Å². The predicted octanol–water partition coefficient (Wildman–Crippen LogP) is 4.42. The van der Waals surface area contributed by atoms with Gasteiger partial charge in [0.15, 0.2) is 6.31 Å². The SMILES string of the molecule is CO[P@](CB(C[P@@](OC)c1ccccc1)[SiH](c1ccccc1)c1ccccc1)c1ccccc1. The second-order valence-electron chi connectivity index (χ2n) is 8.22. The maximum Gasteiger partial charge on any atom is 0.157 e. The third-order valence-corrected chi connectivity index (χ3v) is 14.8. The maximum atomic E-state index is 6.16. The molecule has 0 aromatic heterocycles. The Balaban J connectivity index is 1.75. The number of benzene rings is 4. The maximum absolute atomic E-state index is 6.16. The van der Waals surface area contributed by atoms with E-state index in [1.54, 1.807) is 0 Å². The lowest BCUT2D eigenvalue weighted by molar-refractivity contribution is 0.469. The molecule has 0 unspecified atom stereocenters. The summed E-state index contributed by atoms with van der Waals surface area (Å²) in [6.07, 6.45) is 0.488. The molecule has 0 heterocycles. The normalized spacial score (nSPS) is 12.9. The first kappa shape index (κ1) is 25.0. The average molecular weight is 500 g/mol. The minimum Gasteiger partial charge on any atom is -0.358 e. The van der Waals surface area contributed by atoms with Crippen LogP contribution in [0.2, 0.25) is 0 Å². The molecule has 6 heteroatoms. The summed E-state index contributed by atoms with van der Waals surface area (Å²) in [7, 11) is 0.715. The second kappa shape index (κ2) is 13.1. The van der Waals surface area contributed by atoms with Crippen LogP contribution in [-0.2, 0) is 9.05 Å². The Morgan fingerprint density at radius 1 is 0.529 bits per heavy atom. The van der Waals surface area contributed by atoms with E-state index in [0.717, 1.165) is 12.1 Å². The fourth-order valence-electron chi connectivity index (χ4n) is 4.51. The van der Waals surface area contributed by atoms with E-state index in [1.807, 2.05) is 14.2 Å². The molecule has 0 aliphatic heterocycles. The van der Waals surface area contributed by atoms with Crippen LogP contribution in [0.5, 0.6) is 0 Å². The molecular weight excluding hydrogens is 469 g/mol. The Kier molecular flexibility index (Phi) is 9.68. The van der Waals surface area contributed by atoms with E-state index in [0.29, 0.717) is 6.31 Å². The van der Waals surface area contributed by atoms with Crippen LogP contribution >= 0.6 is 16.3 Å². The van der Waals surface area contributed by atoms with Crippen molar-refractivity contribution in [1.29, 1.82) is 0 Å². The second-order valence-corrected chi connectivity index (χ2v) is 15.5. The van der Waals surface area contributed by atoms with Crippen molar-refractivity contribution in [2.45, 2.75) is 0 Å². The molecule has 0 fully saturated rings. The summed E-state index contributed by atoms with van der Waals surface area (Å²) >= 11 is 0. The van der Waals surface area contributed by atoms with Crippen molar-refractivity contribution in [2.75, 3.05) is 26.3 Å². The zero-order valence-electron chi connectivity index (χ0n) is 19.8. The summed E-state index contributed by atoms with van der Waals surface area (Å²) in [6, 6.07) is 45.8. The molecule has 0 saturated carbocycles. The Labute approximate surface area is 208 Å². The predicted molar refractivity (Wildman–Crippen MR) is 155 cm³/mol. The highest BCUT2D eigenvalue weighted by Crippen LogP contribution is 2.40. The molecule has 0 saturated heterocycles. The molecule has 0 aliphatic rings. The lowest BCUT2D eigenvalue weighted by Crippen LogP contribution is -2.58. The van der Waals surface area contributed by atoms with Crippen LogP contribution in [0.25, 0.3) is 0 Å². The van der Waals surface area contributed by atoms with Gasteiger partial charge in [0.2, 0.25) is 0 Å².